The van der Waals surface area contributed by atoms with E-state index in [4.69, 9.17) is 0 Å². The van der Waals surface area contributed by atoms with Gasteiger partial charge in [-0.2, -0.15) is 0 Å². The van der Waals surface area contributed by atoms with Crippen LogP contribution >= 0.6 is 0 Å². The Balaban J connectivity index is 1.63. The van der Waals surface area contributed by atoms with Crippen LogP contribution in [0.4, 0.5) is 0 Å². The maximum absolute atomic E-state index is 13.2. The van der Waals surface area contributed by atoms with E-state index in [0.29, 0.717) is 25.3 Å². The third-order valence-electron chi connectivity index (χ3n) is 7.40. The average molecular weight is 478 g/mol. The van der Waals surface area contributed by atoms with Gasteiger partial charge < -0.3 is 10.0 Å². The number of carboxylic acid groups (broad SMARTS) is 1. The van der Waals surface area contributed by atoms with Crippen LogP contribution in [-0.2, 0) is 27.2 Å². The highest BCUT2D eigenvalue weighted by Crippen LogP contribution is 2.31. The maximum Gasteiger partial charge on any atom is 0.326 e. The fourth-order valence-corrected chi connectivity index (χ4v) is 4.99. The minimum absolute atomic E-state index is 0.342. The van der Waals surface area contributed by atoms with E-state index in [1.807, 2.05) is 26.0 Å². The number of piperidine rings is 1. The molecule has 0 aromatic heterocycles. The highest BCUT2D eigenvalue weighted by atomic mass is 16.4. The van der Waals surface area contributed by atoms with Gasteiger partial charge in [0.15, 0.2) is 0 Å². The Morgan fingerprint density at radius 1 is 0.886 bits per heavy atom. The van der Waals surface area contributed by atoms with Gasteiger partial charge in [-0.05, 0) is 74.8 Å². The monoisotopic (exact) mass is 477 g/mol. The highest BCUT2D eigenvalue weighted by Gasteiger charge is 2.40. The van der Waals surface area contributed by atoms with Gasteiger partial charge in [0.2, 0.25) is 5.78 Å². The zero-order valence-electron chi connectivity index (χ0n) is 21.1. The molecule has 35 heavy (non-hydrogen) atoms. The number of Topliss-reactive ketones (excluding diaryl/α,β-unsaturated/α-hetero) is 1. The predicted octanol–water partition coefficient (Wildman–Crippen LogP) is 5.71. The Morgan fingerprint density at radius 3 is 1.94 bits per heavy atom. The SMILES string of the molecule is CC(C)(CCC(CCc1ccccc1)CCc1ccccc1)C(=O)C(=O)N1CCCCC1C(=O)O. The Morgan fingerprint density at radius 2 is 1.43 bits per heavy atom. The van der Waals surface area contributed by atoms with E-state index in [-0.39, 0.29) is 0 Å². The van der Waals surface area contributed by atoms with E-state index in [9.17, 15) is 19.5 Å². The van der Waals surface area contributed by atoms with Crippen LogP contribution in [0, 0.1) is 11.3 Å². The summed E-state index contributed by atoms with van der Waals surface area (Å²) < 4.78 is 0. The summed E-state index contributed by atoms with van der Waals surface area (Å²) in [6.07, 6.45) is 7.42. The molecule has 1 aliphatic rings. The van der Waals surface area contributed by atoms with Crippen molar-refractivity contribution in [2.24, 2.45) is 11.3 Å². The second-order valence-electron chi connectivity index (χ2n) is 10.5. The Kier molecular flexibility index (Phi) is 9.64. The van der Waals surface area contributed by atoms with Crippen molar-refractivity contribution in [3.8, 4) is 0 Å². The third kappa shape index (κ3) is 7.78. The third-order valence-corrected chi connectivity index (χ3v) is 7.40. The first-order chi connectivity index (χ1) is 16.8. The fraction of sp³-hybridized carbons (Fsp3) is 0.500. The van der Waals surface area contributed by atoms with Crippen molar-refractivity contribution in [3.63, 3.8) is 0 Å². The van der Waals surface area contributed by atoms with Gasteiger partial charge in [0, 0.05) is 12.0 Å². The molecule has 2 aromatic carbocycles. The van der Waals surface area contributed by atoms with Crippen molar-refractivity contribution in [3.05, 3.63) is 71.8 Å². The number of carbonyl (C=O) groups is 3. The van der Waals surface area contributed by atoms with Crippen molar-refractivity contribution in [2.45, 2.75) is 77.7 Å². The second kappa shape index (κ2) is 12.7. The lowest BCUT2D eigenvalue weighted by molar-refractivity contribution is -0.158. The number of aliphatic carboxylic acids is 1. The standard InChI is InChI=1S/C30H39NO4/c1-30(2,27(32)28(33)31-22-10-9-15-26(31)29(34)35)21-20-25(18-16-23-11-5-3-6-12-23)19-17-24-13-7-4-8-14-24/h3-8,11-14,25-26H,9-10,15-22H2,1-2H3,(H,34,35). The van der Waals surface area contributed by atoms with Crippen molar-refractivity contribution in [1.82, 2.24) is 4.90 Å². The minimum atomic E-state index is -1.02. The molecule has 1 amide bonds. The zero-order valence-corrected chi connectivity index (χ0v) is 21.1. The predicted molar refractivity (Wildman–Crippen MR) is 138 cm³/mol. The Bertz CT molecular complexity index is 927. The minimum Gasteiger partial charge on any atom is -0.480 e. The summed E-state index contributed by atoms with van der Waals surface area (Å²) in [5, 5.41) is 9.52. The lowest BCUT2D eigenvalue weighted by Gasteiger charge is -2.35. The van der Waals surface area contributed by atoms with Crippen molar-refractivity contribution >= 4 is 17.7 Å². The van der Waals surface area contributed by atoms with Crippen LogP contribution < -0.4 is 0 Å². The van der Waals surface area contributed by atoms with E-state index < -0.39 is 29.1 Å². The number of benzene rings is 2. The van der Waals surface area contributed by atoms with Crippen molar-refractivity contribution < 1.29 is 19.5 Å². The maximum atomic E-state index is 13.2. The molecule has 188 valence electrons. The molecule has 0 aliphatic carbocycles. The number of hydrogen-bond acceptors (Lipinski definition) is 3. The van der Waals surface area contributed by atoms with Gasteiger partial charge in [-0.25, -0.2) is 4.79 Å². The van der Waals surface area contributed by atoms with Crippen LogP contribution in [0.15, 0.2) is 60.7 Å². The molecule has 0 saturated carbocycles. The molecule has 1 unspecified atom stereocenters. The van der Waals surface area contributed by atoms with Crippen LogP contribution in [0.1, 0.15) is 69.9 Å². The van der Waals surface area contributed by atoms with E-state index in [2.05, 4.69) is 48.5 Å². The molecular weight excluding hydrogens is 438 g/mol. The first kappa shape index (κ1) is 26.7. The molecule has 0 spiro atoms. The van der Waals surface area contributed by atoms with Crippen LogP contribution in [0.5, 0.6) is 0 Å². The van der Waals surface area contributed by atoms with Crippen LogP contribution in [0.3, 0.4) is 0 Å². The molecule has 1 saturated heterocycles. The number of ketones is 1. The van der Waals surface area contributed by atoms with Crippen LogP contribution in [0.25, 0.3) is 0 Å². The van der Waals surface area contributed by atoms with Crippen LogP contribution in [0.2, 0.25) is 0 Å². The number of aryl methyl sites for hydroxylation is 2. The van der Waals surface area contributed by atoms with Crippen molar-refractivity contribution in [1.29, 1.82) is 0 Å². The molecule has 1 N–H and O–H groups in total. The van der Waals surface area contributed by atoms with Gasteiger partial charge in [0.1, 0.15) is 6.04 Å². The highest BCUT2D eigenvalue weighted by molar-refractivity contribution is 6.38. The summed E-state index contributed by atoms with van der Waals surface area (Å²) in [6, 6.07) is 20.0. The first-order valence-electron chi connectivity index (χ1n) is 12.9. The van der Waals surface area contributed by atoms with Crippen LogP contribution in [-0.4, -0.2) is 40.3 Å². The number of amides is 1. The average Bonchev–Trinajstić information content (AvgIpc) is 2.88. The van der Waals surface area contributed by atoms with Gasteiger partial charge in [0.05, 0.1) is 0 Å². The smallest absolute Gasteiger partial charge is 0.326 e. The number of likely N-dealkylation sites (tertiary alicyclic amines) is 1. The summed E-state index contributed by atoms with van der Waals surface area (Å²) in [4.78, 5) is 39.2. The number of hydrogen-bond donors (Lipinski definition) is 1. The van der Waals surface area contributed by atoms with Gasteiger partial charge in [-0.1, -0.05) is 74.5 Å². The van der Waals surface area contributed by atoms with Gasteiger partial charge in [-0.3, -0.25) is 9.59 Å². The molecule has 1 heterocycles. The zero-order chi connectivity index (χ0) is 25.3. The fourth-order valence-electron chi connectivity index (χ4n) is 4.99. The largest absolute Gasteiger partial charge is 0.480 e. The van der Waals surface area contributed by atoms with E-state index >= 15 is 0 Å². The summed E-state index contributed by atoms with van der Waals surface area (Å²) in [5.41, 5.74) is 1.80. The lowest BCUT2D eigenvalue weighted by atomic mass is 9.78. The summed E-state index contributed by atoms with van der Waals surface area (Å²) in [5.74, 6) is -1.69. The topological polar surface area (TPSA) is 74.7 Å². The number of rotatable bonds is 12. The molecule has 5 heteroatoms. The van der Waals surface area contributed by atoms with E-state index in [1.54, 1.807) is 0 Å². The molecule has 0 radical (unpaired) electrons. The molecule has 1 atom stereocenters. The number of carboxylic acids is 1. The van der Waals surface area contributed by atoms with Gasteiger partial charge >= 0.3 is 5.97 Å². The van der Waals surface area contributed by atoms with Gasteiger partial charge in [-0.15, -0.1) is 0 Å². The summed E-state index contributed by atoms with van der Waals surface area (Å²) in [7, 11) is 0. The molecule has 3 rings (SSSR count). The first-order valence-corrected chi connectivity index (χ1v) is 12.9. The molecule has 1 fully saturated rings. The molecule has 2 aromatic rings. The Hall–Kier alpha value is -2.95. The van der Waals surface area contributed by atoms with E-state index in [0.717, 1.165) is 44.9 Å². The van der Waals surface area contributed by atoms with Gasteiger partial charge in [0.25, 0.3) is 5.91 Å². The normalized spacial score (nSPS) is 16.3. The number of nitrogens with zero attached hydrogens (tertiary/aromatic N) is 1. The number of carbonyl (C=O) groups excluding carboxylic acids is 2. The lowest BCUT2D eigenvalue weighted by Crippen LogP contribution is -2.52. The Labute approximate surface area is 209 Å². The summed E-state index contributed by atoms with van der Waals surface area (Å²) >= 11 is 0. The molecule has 1 aliphatic heterocycles. The molecule has 0 bridgehead atoms. The second-order valence-corrected chi connectivity index (χ2v) is 10.5. The molecular formula is C30H39NO4. The van der Waals surface area contributed by atoms with Crippen molar-refractivity contribution in [2.75, 3.05) is 6.54 Å². The quantitative estimate of drug-likeness (QED) is 0.397. The molecule has 5 nitrogen and oxygen atoms in total. The van der Waals surface area contributed by atoms with E-state index in [1.165, 1.54) is 16.0 Å². The summed E-state index contributed by atoms with van der Waals surface area (Å²) in [6.45, 7) is 4.01.